The van der Waals surface area contributed by atoms with Crippen molar-refractivity contribution in [1.29, 1.82) is 0 Å². The number of hydrogen-bond acceptors (Lipinski definition) is 1. The van der Waals surface area contributed by atoms with Crippen molar-refractivity contribution in [3.63, 3.8) is 0 Å². The van der Waals surface area contributed by atoms with Gasteiger partial charge in [-0.3, -0.25) is 0 Å². The van der Waals surface area contributed by atoms with Gasteiger partial charge in [-0.2, -0.15) is 0 Å². The molecule has 0 bridgehead atoms. The molecule has 0 heterocycles. The van der Waals surface area contributed by atoms with Crippen LogP contribution in [0.5, 0.6) is 0 Å². The fourth-order valence-electron chi connectivity index (χ4n) is 1.14. The zero-order valence-electron chi connectivity index (χ0n) is 8.62. The van der Waals surface area contributed by atoms with Gasteiger partial charge in [-0.25, -0.2) is 0 Å². The molecule has 0 saturated heterocycles. The van der Waals surface area contributed by atoms with Gasteiger partial charge < -0.3 is 5.11 Å². The quantitative estimate of drug-likeness (QED) is 0.738. The molecule has 0 spiro atoms. The molecular weight excluding hydrogens is 160 g/mol. The van der Waals surface area contributed by atoms with E-state index in [1.54, 1.807) is 0 Å². The van der Waals surface area contributed by atoms with Crippen LogP contribution in [-0.2, 0) is 6.42 Å². The van der Waals surface area contributed by atoms with E-state index < -0.39 is 0 Å². The molecule has 0 aromatic heterocycles. The van der Waals surface area contributed by atoms with E-state index in [1.807, 2.05) is 18.2 Å². The van der Waals surface area contributed by atoms with Gasteiger partial charge in [0.25, 0.3) is 0 Å². The summed E-state index contributed by atoms with van der Waals surface area (Å²) < 4.78 is 0. The molecular formula is C12H18O. The fourth-order valence-corrected chi connectivity index (χ4v) is 1.14. The smallest absolute Gasteiger partial charge is 0.0628 e. The first-order chi connectivity index (χ1) is 6.00. The van der Waals surface area contributed by atoms with Crippen molar-refractivity contribution in [3.05, 3.63) is 35.9 Å². The third-order valence-corrected chi connectivity index (χ3v) is 2.27. The lowest BCUT2D eigenvalue weighted by atomic mass is 9.85. The third kappa shape index (κ3) is 3.19. The van der Waals surface area contributed by atoms with Crippen LogP contribution >= 0.6 is 0 Å². The standard InChI is InChI=1S/C12H18O/c1-12(2,3)11(13)9-10-7-5-4-6-8-10/h4-8,11,13H,9H2,1-3H3/t11-/m1/s1. The van der Waals surface area contributed by atoms with Gasteiger partial charge >= 0.3 is 0 Å². The Balaban J connectivity index is 2.61. The Bertz CT molecular complexity index is 246. The van der Waals surface area contributed by atoms with Crippen molar-refractivity contribution < 1.29 is 5.11 Å². The van der Waals surface area contributed by atoms with Gasteiger partial charge in [0.15, 0.2) is 0 Å². The summed E-state index contributed by atoms with van der Waals surface area (Å²) >= 11 is 0. The SMILES string of the molecule is CC(C)(C)[C@H](O)Cc1ccccc1. The van der Waals surface area contributed by atoms with Crippen LogP contribution in [0.4, 0.5) is 0 Å². The first-order valence-electron chi connectivity index (χ1n) is 4.72. The Morgan fingerprint density at radius 1 is 1.15 bits per heavy atom. The molecule has 1 atom stereocenters. The van der Waals surface area contributed by atoms with Crippen molar-refractivity contribution in [2.24, 2.45) is 5.41 Å². The van der Waals surface area contributed by atoms with Crippen LogP contribution < -0.4 is 0 Å². The summed E-state index contributed by atoms with van der Waals surface area (Å²) in [4.78, 5) is 0. The first-order valence-corrected chi connectivity index (χ1v) is 4.72. The van der Waals surface area contributed by atoms with Crippen molar-refractivity contribution >= 4 is 0 Å². The molecule has 1 heteroatoms. The normalized spacial score (nSPS) is 14.2. The zero-order chi connectivity index (χ0) is 9.90. The molecule has 0 aliphatic rings. The Morgan fingerprint density at radius 2 is 1.69 bits per heavy atom. The van der Waals surface area contributed by atoms with E-state index in [9.17, 15) is 5.11 Å². The average molecular weight is 178 g/mol. The number of rotatable bonds is 2. The summed E-state index contributed by atoms with van der Waals surface area (Å²) in [6, 6.07) is 10.1. The van der Waals surface area contributed by atoms with Gasteiger partial charge in [-0.1, -0.05) is 51.1 Å². The molecule has 0 aliphatic heterocycles. The number of aliphatic hydroxyl groups excluding tert-OH is 1. The highest BCUT2D eigenvalue weighted by atomic mass is 16.3. The van der Waals surface area contributed by atoms with Gasteiger partial charge in [0.05, 0.1) is 6.10 Å². The molecule has 0 fully saturated rings. The van der Waals surface area contributed by atoms with Crippen molar-refractivity contribution in [1.82, 2.24) is 0 Å². The van der Waals surface area contributed by atoms with E-state index in [0.29, 0.717) is 0 Å². The van der Waals surface area contributed by atoms with Crippen LogP contribution in [-0.4, -0.2) is 11.2 Å². The predicted molar refractivity (Wildman–Crippen MR) is 55.6 cm³/mol. The molecule has 0 amide bonds. The molecule has 1 aromatic rings. The lowest BCUT2D eigenvalue weighted by Crippen LogP contribution is -2.27. The Hall–Kier alpha value is -0.820. The van der Waals surface area contributed by atoms with E-state index in [-0.39, 0.29) is 11.5 Å². The van der Waals surface area contributed by atoms with Crippen LogP contribution in [0.2, 0.25) is 0 Å². The maximum absolute atomic E-state index is 9.84. The van der Waals surface area contributed by atoms with Crippen LogP contribution in [0.15, 0.2) is 30.3 Å². The van der Waals surface area contributed by atoms with Gasteiger partial charge in [0.2, 0.25) is 0 Å². The van der Waals surface area contributed by atoms with E-state index in [1.165, 1.54) is 5.56 Å². The topological polar surface area (TPSA) is 20.2 Å². The second-order valence-corrected chi connectivity index (χ2v) is 4.57. The minimum absolute atomic E-state index is 0.0319. The molecule has 0 aliphatic carbocycles. The van der Waals surface area contributed by atoms with Crippen molar-refractivity contribution in [2.45, 2.75) is 33.3 Å². The molecule has 0 radical (unpaired) electrons. The largest absolute Gasteiger partial charge is 0.392 e. The number of hydrogen-bond donors (Lipinski definition) is 1. The highest BCUT2D eigenvalue weighted by Gasteiger charge is 2.21. The lowest BCUT2D eigenvalue weighted by molar-refractivity contribution is 0.0636. The second kappa shape index (κ2) is 3.93. The summed E-state index contributed by atoms with van der Waals surface area (Å²) in [5.41, 5.74) is 1.17. The third-order valence-electron chi connectivity index (χ3n) is 2.27. The van der Waals surface area contributed by atoms with Gasteiger partial charge in [-0.05, 0) is 17.4 Å². The zero-order valence-corrected chi connectivity index (χ0v) is 8.62. The molecule has 0 saturated carbocycles. The van der Waals surface area contributed by atoms with Gasteiger partial charge in [-0.15, -0.1) is 0 Å². The van der Waals surface area contributed by atoms with E-state index in [4.69, 9.17) is 0 Å². The van der Waals surface area contributed by atoms with Crippen molar-refractivity contribution in [2.75, 3.05) is 0 Å². The van der Waals surface area contributed by atoms with Crippen LogP contribution in [0.3, 0.4) is 0 Å². The van der Waals surface area contributed by atoms with E-state index in [2.05, 4.69) is 32.9 Å². The molecule has 1 aromatic carbocycles. The molecule has 1 nitrogen and oxygen atoms in total. The fraction of sp³-hybridized carbons (Fsp3) is 0.500. The second-order valence-electron chi connectivity index (χ2n) is 4.57. The minimum Gasteiger partial charge on any atom is -0.392 e. The molecule has 1 N–H and O–H groups in total. The van der Waals surface area contributed by atoms with Crippen LogP contribution in [0.1, 0.15) is 26.3 Å². The van der Waals surface area contributed by atoms with E-state index >= 15 is 0 Å². The number of aliphatic hydroxyl groups is 1. The first kappa shape index (κ1) is 10.3. The van der Waals surface area contributed by atoms with Gasteiger partial charge in [0, 0.05) is 0 Å². The Labute approximate surface area is 80.4 Å². The monoisotopic (exact) mass is 178 g/mol. The molecule has 0 unspecified atom stereocenters. The summed E-state index contributed by atoms with van der Waals surface area (Å²) in [6.07, 6.45) is 0.472. The van der Waals surface area contributed by atoms with Crippen LogP contribution in [0, 0.1) is 5.41 Å². The number of benzene rings is 1. The van der Waals surface area contributed by atoms with Gasteiger partial charge in [0.1, 0.15) is 0 Å². The summed E-state index contributed by atoms with van der Waals surface area (Å²) in [5, 5.41) is 9.84. The summed E-state index contributed by atoms with van der Waals surface area (Å²) in [5.74, 6) is 0. The molecule has 72 valence electrons. The molecule has 13 heavy (non-hydrogen) atoms. The lowest BCUT2D eigenvalue weighted by Gasteiger charge is -2.25. The molecule has 1 rings (SSSR count). The van der Waals surface area contributed by atoms with Crippen LogP contribution in [0.25, 0.3) is 0 Å². The highest BCUT2D eigenvalue weighted by molar-refractivity contribution is 5.15. The van der Waals surface area contributed by atoms with E-state index in [0.717, 1.165) is 6.42 Å². The maximum atomic E-state index is 9.84. The summed E-state index contributed by atoms with van der Waals surface area (Å²) in [7, 11) is 0. The van der Waals surface area contributed by atoms with Crippen molar-refractivity contribution in [3.8, 4) is 0 Å². The Kier molecular flexibility index (Phi) is 3.10. The average Bonchev–Trinajstić information content (AvgIpc) is 2.04. The minimum atomic E-state index is -0.269. The maximum Gasteiger partial charge on any atom is 0.0628 e. The predicted octanol–water partition coefficient (Wildman–Crippen LogP) is 2.64. The summed E-state index contributed by atoms with van der Waals surface area (Å²) in [6.45, 7) is 6.17. The highest BCUT2D eigenvalue weighted by Crippen LogP contribution is 2.22. The Morgan fingerprint density at radius 3 is 2.15 bits per heavy atom.